The number of hydrogen-bond donors (Lipinski definition) is 2. The smallest absolute Gasteiger partial charge is 0.243 e. The maximum absolute atomic E-state index is 12.1. The van der Waals surface area contributed by atoms with Crippen molar-refractivity contribution < 1.29 is 9.59 Å². The van der Waals surface area contributed by atoms with Gasteiger partial charge >= 0.3 is 0 Å². The fraction of sp³-hybridized carbons (Fsp3) is 0.167. The van der Waals surface area contributed by atoms with Crippen molar-refractivity contribution in [3.05, 3.63) is 57.5 Å². The number of thioether (sulfide) groups is 1. The second-order valence-electron chi connectivity index (χ2n) is 5.93. The van der Waals surface area contributed by atoms with E-state index in [9.17, 15) is 9.59 Å². The molecule has 0 atom stereocenters. The van der Waals surface area contributed by atoms with E-state index in [0.29, 0.717) is 21.6 Å². The van der Waals surface area contributed by atoms with Gasteiger partial charge in [-0.2, -0.15) is 4.68 Å². The molecule has 2 N–H and O–H groups in total. The molecule has 11 heteroatoms. The summed E-state index contributed by atoms with van der Waals surface area (Å²) in [6.45, 7) is 1.76. The lowest BCUT2D eigenvalue weighted by atomic mass is 10.2. The topological polar surface area (TPSA) is 102 Å². The molecule has 0 unspecified atom stereocenters. The molecule has 0 aliphatic heterocycles. The van der Waals surface area contributed by atoms with Crippen LogP contribution < -0.4 is 10.6 Å². The van der Waals surface area contributed by atoms with E-state index in [1.54, 1.807) is 30.3 Å². The summed E-state index contributed by atoms with van der Waals surface area (Å²) in [4.78, 5) is 24.2. The van der Waals surface area contributed by atoms with Crippen LogP contribution in [0, 0.1) is 6.92 Å². The van der Waals surface area contributed by atoms with Crippen LogP contribution in [0.3, 0.4) is 0 Å². The van der Waals surface area contributed by atoms with Crippen LogP contribution in [0.5, 0.6) is 0 Å². The maximum atomic E-state index is 12.1. The Balaban J connectivity index is 1.49. The Morgan fingerprint density at radius 2 is 2.03 bits per heavy atom. The van der Waals surface area contributed by atoms with Crippen molar-refractivity contribution in [2.24, 2.45) is 0 Å². The number of anilines is 1. The average Bonchev–Trinajstić information content (AvgIpc) is 3.15. The van der Waals surface area contributed by atoms with Crippen molar-refractivity contribution in [3.63, 3.8) is 0 Å². The normalized spacial score (nSPS) is 10.6. The molecule has 0 spiro atoms. The lowest BCUT2D eigenvalue weighted by molar-refractivity contribution is -0.122. The molecule has 2 aromatic carbocycles. The number of carbonyl (C=O) groups is 2. The summed E-state index contributed by atoms with van der Waals surface area (Å²) in [5, 5.41) is 17.8. The standard InChI is InChI=1S/C18H16BrClN6O2S/c1-11-7-12(19)5-6-15(11)22-16(27)9-21-17(28)10-29-18-23-24-25-26(18)14-4-2-3-13(20)8-14/h2-8H,9-10H2,1H3,(H,21,28)(H,22,27). The first-order valence-corrected chi connectivity index (χ1v) is 10.6. The molecular weight excluding hydrogens is 480 g/mol. The summed E-state index contributed by atoms with van der Waals surface area (Å²) in [7, 11) is 0. The number of tetrazole rings is 1. The molecule has 0 bridgehead atoms. The predicted molar refractivity (Wildman–Crippen MR) is 115 cm³/mol. The predicted octanol–water partition coefficient (Wildman–Crippen LogP) is 3.23. The average molecular weight is 496 g/mol. The number of amides is 2. The highest BCUT2D eigenvalue weighted by Crippen LogP contribution is 2.21. The molecular formula is C18H16BrClN6O2S. The molecule has 1 heterocycles. The van der Waals surface area contributed by atoms with Crippen LogP contribution in [-0.2, 0) is 9.59 Å². The first-order valence-electron chi connectivity index (χ1n) is 8.42. The zero-order valence-electron chi connectivity index (χ0n) is 15.2. The third-order valence-corrected chi connectivity index (χ3v) is 5.38. The Morgan fingerprint density at radius 3 is 2.79 bits per heavy atom. The molecule has 1 aromatic heterocycles. The summed E-state index contributed by atoms with van der Waals surface area (Å²) < 4.78 is 2.42. The molecule has 8 nitrogen and oxygen atoms in total. The fourth-order valence-electron chi connectivity index (χ4n) is 2.36. The van der Waals surface area contributed by atoms with Crippen LogP contribution in [0.4, 0.5) is 5.69 Å². The third-order valence-electron chi connectivity index (χ3n) is 3.73. The molecule has 2 amide bonds. The minimum atomic E-state index is -0.308. The molecule has 0 fully saturated rings. The number of hydrogen-bond acceptors (Lipinski definition) is 6. The van der Waals surface area contributed by atoms with Gasteiger partial charge in [0.05, 0.1) is 18.0 Å². The quantitative estimate of drug-likeness (QED) is 0.488. The van der Waals surface area contributed by atoms with Crippen molar-refractivity contribution in [1.29, 1.82) is 0 Å². The van der Waals surface area contributed by atoms with Crippen molar-refractivity contribution in [2.75, 3.05) is 17.6 Å². The number of carbonyl (C=O) groups excluding carboxylic acids is 2. The second kappa shape index (κ2) is 9.86. The Kier molecular flexibility index (Phi) is 7.24. The van der Waals surface area contributed by atoms with E-state index in [4.69, 9.17) is 11.6 Å². The van der Waals surface area contributed by atoms with E-state index < -0.39 is 0 Å². The monoisotopic (exact) mass is 494 g/mol. The number of aromatic nitrogens is 4. The Morgan fingerprint density at radius 1 is 1.21 bits per heavy atom. The summed E-state index contributed by atoms with van der Waals surface area (Å²) >= 11 is 10.5. The van der Waals surface area contributed by atoms with E-state index in [1.807, 2.05) is 19.1 Å². The lowest BCUT2D eigenvalue weighted by Gasteiger charge is -2.09. The van der Waals surface area contributed by atoms with Gasteiger partial charge in [-0.3, -0.25) is 9.59 Å². The van der Waals surface area contributed by atoms with Gasteiger partial charge in [-0.15, -0.1) is 5.10 Å². The molecule has 0 aliphatic rings. The summed E-state index contributed by atoms with van der Waals surface area (Å²) in [6.07, 6.45) is 0. The lowest BCUT2D eigenvalue weighted by Crippen LogP contribution is -2.34. The van der Waals surface area contributed by atoms with Gasteiger partial charge in [-0.25, -0.2) is 0 Å². The van der Waals surface area contributed by atoms with E-state index in [-0.39, 0.29) is 24.1 Å². The first-order chi connectivity index (χ1) is 13.9. The van der Waals surface area contributed by atoms with Crippen LogP contribution in [0.15, 0.2) is 52.1 Å². The highest BCUT2D eigenvalue weighted by molar-refractivity contribution is 9.10. The van der Waals surface area contributed by atoms with Crippen molar-refractivity contribution in [3.8, 4) is 5.69 Å². The minimum absolute atomic E-state index is 0.0610. The molecule has 0 saturated heterocycles. The summed E-state index contributed by atoms with van der Waals surface area (Å²) in [5.74, 6) is -0.554. The van der Waals surface area contributed by atoms with E-state index in [2.05, 4.69) is 42.1 Å². The Bertz CT molecular complexity index is 1040. The summed E-state index contributed by atoms with van der Waals surface area (Å²) in [5.41, 5.74) is 2.31. The number of nitrogens with one attached hydrogen (secondary N) is 2. The third kappa shape index (κ3) is 6.02. The molecule has 0 aliphatic carbocycles. The molecule has 0 saturated carbocycles. The van der Waals surface area contributed by atoms with Crippen LogP contribution >= 0.6 is 39.3 Å². The summed E-state index contributed by atoms with van der Waals surface area (Å²) in [6, 6.07) is 12.6. The second-order valence-corrected chi connectivity index (χ2v) is 8.22. The number of rotatable bonds is 7. The van der Waals surface area contributed by atoms with Gasteiger partial charge in [0.15, 0.2) is 0 Å². The Labute approximate surface area is 184 Å². The highest BCUT2D eigenvalue weighted by Gasteiger charge is 2.13. The van der Waals surface area contributed by atoms with Gasteiger partial charge in [0.25, 0.3) is 0 Å². The molecule has 29 heavy (non-hydrogen) atoms. The largest absolute Gasteiger partial charge is 0.346 e. The first kappa shape index (κ1) is 21.3. The number of nitrogens with zero attached hydrogens (tertiary/aromatic N) is 4. The van der Waals surface area contributed by atoms with Gasteiger partial charge < -0.3 is 10.6 Å². The zero-order chi connectivity index (χ0) is 20.8. The minimum Gasteiger partial charge on any atom is -0.346 e. The molecule has 150 valence electrons. The van der Waals surface area contributed by atoms with Gasteiger partial charge in [-0.05, 0) is 59.3 Å². The Hall–Kier alpha value is -2.43. The van der Waals surface area contributed by atoms with E-state index >= 15 is 0 Å². The molecule has 3 rings (SSSR count). The van der Waals surface area contributed by atoms with Crippen LogP contribution in [0.2, 0.25) is 5.02 Å². The van der Waals surface area contributed by atoms with Crippen molar-refractivity contribution in [1.82, 2.24) is 25.5 Å². The van der Waals surface area contributed by atoms with Crippen LogP contribution in [-0.4, -0.2) is 44.3 Å². The van der Waals surface area contributed by atoms with Gasteiger partial charge in [0, 0.05) is 15.2 Å². The van der Waals surface area contributed by atoms with E-state index in [0.717, 1.165) is 21.8 Å². The molecule has 3 aromatic rings. The highest BCUT2D eigenvalue weighted by atomic mass is 79.9. The van der Waals surface area contributed by atoms with Gasteiger partial charge in [-0.1, -0.05) is 45.4 Å². The zero-order valence-corrected chi connectivity index (χ0v) is 18.4. The fourth-order valence-corrected chi connectivity index (χ4v) is 3.74. The van der Waals surface area contributed by atoms with Gasteiger partial charge in [0.1, 0.15) is 0 Å². The van der Waals surface area contributed by atoms with Crippen LogP contribution in [0.25, 0.3) is 5.69 Å². The number of aryl methyl sites for hydroxylation is 1. The van der Waals surface area contributed by atoms with E-state index in [1.165, 1.54) is 4.68 Å². The maximum Gasteiger partial charge on any atom is 0.243 e. The van der Waals surface area contributed by atoms with Gasteiger partial charge in [0.2, 0.25) is 17.0 Å². The van der Waals surface area contributed by atoms with Crippen molar-refractivity contribution >= 4 is 56.8 Å². The number of halogens is 2. The van der Waals surface area contributed by atoms with Crippen LogP contribution in [0.1, 0.15) is 5.56 Å². The SMILES string of the molecule is Cc1cc(Br)ccc1NC(=O)CNC(=O)CSc1nnnn1-c1cccc(Cl)c1. The number of benzene rings is 2. The molecule has 0 radical (unpaired) electrons. The van der Waals surface area contributed by atoms with Crippen molar-refractivity contribution in [2.45, 2.75) is 12.1 Å².